The molecule has 0 spiro atoms. The zero-order valence-electron chi connectivity index (χ0n) is 7.94. The number of nitrogens with zero attached hydrogens (tertiary/aromatic N) is 1. The molecule has 0 amide bonds. The summed E-state index contributed by atoms with van der Waals surface area (Å²) >= 11 is 5.67. The molecule has 0 heterocycles. The van der Waals surface area contributed by atoms with Crippen LogP contribution >= 0.6 is 11.6 Å². The molecule has 0 N–H and O–H groups in total. The van der Waals surface area contributed by atoms with Gasteiger partial charge in [0.1, 0.15) is 0 Å². The summed E-state index contributed by atoms with van der Waals surface area (Å²) in [6.07, 6.45) is 1.23. The Kier molecular flexibility index (Phi) is 7.09. The van der Waals surface area contributed by atoms with E-state index in [1.54, 1.807) is 0 Å². The van der Waals surface area contributed by atoms with Crippen molar-refractivity contribution >= 4 is 11.6 Å². The summed E-state index contributed by atoms with van der Waals surface area (Å²) in [5.74, 6) is 1.51. The predicted octanol–water partition coefficient (Wildman–Crippen LogP) is 2.59. The zero-order valence-corrected chi connectivity index (χ0v) is 8.69. The Bertz CT molecular complexity index is 77.6. The fourth-order valence-corrected chi connectivity index (χ4v) is 1.49. The molecule has 0 aliphatic carbocycles. The van der Waals surface area contributed by atoms with E-state index in [0.717, 1.165) is 18.3 Å². The van der Waals surface area contributed by atoms with Crippen molar-refractivity contribution in [2.24, 2.45) is 5.92 Å². The first kappa shape index (κ1) is 11.2. The number of rotatable bonds is 6. The second-order valence-electron chi connectivity index (χ2n) is 3.38. The molecule has 0 fully saturated rings. The average molecular weight is 178 g/mol. The largest absolute Gasteiger partial charge is 0.302 e. The molecule has 2 heteroatoms. The van der Waals surface area contributed by atoms with Gasteiger partial charge in [0.05, 0.1) is 0 Å². The van der Waals surface area contributed by atoms with Crippen LogP contribution in [0, 0.1) is 5.92 Å². The molecule has 0 bridgehead atoms. The van der Waals surface area contributed by atoms with Gasteiger partial charge in [0, 0.05) is 19.0 Å². The minimum atomic E-state index is 0.754. The minimum Gasteiger partial charge on any atom is -0.302 e. The number of alkyl halides is 1. The normalized spacial score (nSPS) is 11.5. The van der Waals surface area contributed by atoms with Gasteiger partial charge in [0.2, 0.25) is 0 Å². The van der Waals surface area contributed by atoms with Crippen molar-refractivity contribution in [3.63, 3.8) is 0 Å². The van der Waals surface area contributed by atoms with Crippen molar-refractivity contribution in [2.45, 2.75) is 27.2 Å². The lowest BCUT2D eigenvalue weighted by atomic mass is 10.2. The SMILES string of the molecule is CCCN(CCCl)CC(C)C. The highest BCUT2D eigenvalue weighted by atomic mass is 35.5. The van der Waals surface area contributed by atoms with Gasteiger partial charge >= 0.3 is 0 Å². The van der Waals surface area contributed by atoms with Gasteiger partial charge in [-0.3, -0.25) is 0 Å². The van der Waals surface area contributed by atoms with E-state index in [0.29, 0.717) is 0 Å². The van der Waals surface area contributed by atoms with E-state index in [1.165, 1.54) is 19.5 Å². The third-order valence-electron chi connectivity index (χ3n) is 1.56. The summed E-state index contributed by atoms with van der Waals surface area (Å²) in [5, 5.41) is 0. The molecule has 1 nitrogen and oxygen atoms in total. The van der Waals surface area contributed by atoms with Gasteiger partial charge < -0.3 is 4.90 Å². The second-order valence-corrected chi connectivity index (χ2v) is 3.76. The van der Waals surface area contributed by atoms with Gasteiger partial charge in [-0.25, -0.2) is 0 Å². The topological polar surface area (TPSA) is 3.24 Å². The summed E-state index contributed by atoms with van der Waals surface area (Å²) in [7, 11) is 0. The molecule has 0 atom stereocenters. The molecule has 0 rings (SSSR count). The van der Waals surface area contributed by atoms with Crippen molar-refractivity contribution in [2.75, 3.05) is 25.5 Å². The van der Waals surface area contributed by atoms with E-state index >= 15 is 0 Å². The Morgan fingerprint density at radius 1 is 1.27 bits per heavy atom. The maximum atomic E-state index is 5.67. The van der Waals surface area contributed by atoms with Crippen molar-refractivity contribution in [1.29, 1.82) is 0 Å². The minimum absolute atomic E-state index is 0.754. The van der Waals surface area contributed by atoms with Gasteiger partial charge in [-0.05, 0) is 18.9 Å². The Morgan fingerprint density at radius 2 is 1.91 bits per heavy atom. The molecule has 0 radical (unpaired) electrons. The van der Waals surface area contributed by atoms with E-state index in [1.807, 2.05) is 0 Å². The van der Waals surface area contributed by atoms with Crippen molar-refractivity contribution < 1.29 is 0 Å². The lowest BCUT2D eigenvalue weighted by Gasteiger charge is -2.22. The van der Waals surface area contributed by atoms with Crippen LogP contribution in [0.2, 0.25) is 0 Å². The van der Waals surface area contributed by atoms with Crippen molar-refractivity contribution in [3.8, 4) is 0 Å². The van der Waals surface area contributed by atoms with Crippen molar-refractivity contribution in [1.82, 2.24) is 4.90 Å². The molecule has 0 saturated heterocycles. The monoisotopic (exact) mass is 177 g/mol. The molecule has 0 aromatic carbocycles. The third-order valence-corrected chi connectivity index (χ3v) is 1.73. The molecular formula is C9H20ClN. The smallest absolute Gasteiger partial charge is 0.0351 e. The number of halogens is 1. The molecule has 0 saturated carbocycles. The predicted molar refractivity (Wildman–Crippen MR) is 52.3 cm³/mol. The van der Waals surface area contributed by atoms with E-state index in [4.69, 9.17) is 11.6 Å². The fraction of sp³-hybridized carbons (Fsp3) is 1.00. The van der Waals surface area contributed by atoms with Crippen LogP contribution in [0.5, 0.6) is 0 Å². The summed E-state index contributed by atoms with van der Waals surface area (Å²) in [4.78, 5) is 2.43. The quantitative estimate of drug-likeness (QED) is 0.564. The van der Waals surface area contributed by atoms with Crippen LogP contribution in [0.3, 0.4) is 0 Å². The molecular weight excluding hydrogens is 158 g/mol. The lowest BCUT2D eigenvalue weighted by molar-refractivity contribution is 0.258. The number of hydrogen-bond donors (Lipinski definition) is 0. The van der Waals surface area contributed by atoms with Gasteiger partial charge in [-0.15, -0.1) is 11.6 Å². The van der Waals surface area contributed by atoms with E-state index in [2.05, 4.69) is 25.7 Å². The fourth-order valence-electron chi connectivity index (χ4n) is 1.25. The van der Waals surface area contributed by atoms with Crippen molar-refractivity contribution in [3.05, 3.63) is 0 Å². The van der Waals surface area contributed by atoms with Gasteiger partial charge in [-0.2, -0.15) is 0 Å². The Hall–Kier alpha value is 0.250. The van der Waals surface area contributed by atoms with Crippen LogP contribution in [0.15, 0.2) is 0 Å². The Labute approximate surface area is 75.7 Å². The van der Waals surface area contributed by atoms with Crippen LogP contribution < -0.4 is 0 Å². The lowest BCUT2D eigenvalue weighted by Crippen LogP contribution is -2.30. The molecule has 0 aliphatic rings. The van der Waals surface area contributed by atoms with Crippen LogP contribution in [-0.2, 0) is 0 Å². The highest BCUT2D eigenvalue weighted by Crippen LogP contribution is 1.99. The van der Waals surface area contributed by atoms with Crippen LogP contribution in [0.25, 0.3) is 0 Å². The molecule has 11 heavy (non-hydrogen) atoms. The maximum absolute atomic E-state index is 5.67. The van der Waals surface area contributed by atoms with Gasteiger partial charge in [0.25, 0.3) is 0 Å². The van der Waals surface area contributed by atoms with E-state index in [9.17, 15) is 0 Å². The highest BCUT2D eigenvalue weighted by Gasteiger charge is 2.04. The second kappa shape index (κ2) is 6.93. The molecule has 0 unspecified atom stereocenters. The Balaban J connectivity index is 3.50. The third kappa shape index (κ3) is 6.64. The molecule has 0 aliphatic heterocycles. The van der Waals surface area contributed by atoms with Gasteiger partial charge in [0.15, 0.2) is 0 Å². The first-order valence-corrected chi connectivity index (χ1v) is 5.02. The van der Waals surface area contributed by atoms with Crippen LogP contribution in [-0.4, -0.2) is 30.4 Å². The van der Waals surface area contributed by atoms with Crippen LogP contribution in [0.4, 0.5) is 0 Å². The number of hydrogen-bond acceptors (Lipinski definition) is 1. The van der Waals surface area contributed by atoms with E-state index < -0.39 is 0 Å². The Morgan fingerprint density at radius 3 is 2.27 bits per heavy atom. The average Bonchev–Trinajstić information content (AvgIpc) is 1.87. The standard InChI is InChI=1S/C9H20ClN/c1-4-6-11(7-5-10)8-9(2)3/h9H,4-8H2,1-3H3. The maximum Gasteiger partial charge on any atom is 0.0351 e. The first-order chi connectivity index (χ1) is 5.20. The van der Waals surface area contributed by atoms with E-state index in [-0.39, 0.29) is 0 Å². The molecule has 68 valence electrons. The first-order valence-electron chi connectivity index (χ1n) is 4.49. The highest BCUT2D eigenvalue weighted by molar-refractivity contribution is 6.18. The summed E-state index contributed by atoms with van der Waals surface area (Å²) in [5.41, 5.74) is 0. The summed E-state index contributed by atoms with van der Waals surface area (Å²) in [6.45, 7) is 10.1. The summed E-state index contributed by atoms with van der Waals surface area (Å²) < 4.78 is 0. The molecule has 0 aromatic rings. The zero-order chi connectivity index (χ0) is 8.69. The summed E-state index contributed by atoms with van der Waals surface area (Å²) in [6, 6.07) is 0. The van der Waals surface area contributed by atoms with Gasteiger partial charge in [-0.1, -0.05) is 20.8 Å². The van der Waals surface area contributed by atoms with Crippen LogP contribution in [0.1, 0.15) is 27.2 Å². The molecule has 0 aromatic heterocycles.